The van der Waals surface area contributed by atoms with Gasteiger partial charge in [0.2, 0.25) is 17.5 Å². The summed E-state index contributed by atoms with van der Waals surface area (Å²) in [6.07, 6.45) is 3.95. The molecule has 1 aromatic carbocycles. The van der Waals surface area contributed by atoms with Crippen molar-refractivity contribution < 1.29 is 14.4 Å². The SMILES string of the molecule is CC(C)(C(=O)Nc1ccccc1)C1=CC(=O)C(=O)C=C1. The average Bonchev–Trinajstić information content (AvgIpc) is 2.42. The summed E-state index contributed by atoms with van der Waals surface area (Å²) >= 11 is 0. The number of para-hydroxylation sites is 1. The van der Waals surface area contributed by atoms with Gasteiger partial charge in [0.15, 0.2) is 0 Å². The van der Waals surface area contributed by atoms with Gasteiger partial charge in [0, 0.05) is 5.69 Å². The first kappa shape index (κ1) is 13.9. The third kappa shape index (κ3) is 2.74. The molecule has 0 aromatic heterocycles. The molecule has 20 heavy (non-hydrogen) atoms. The molecule has 0 bridgehead atoms. The van der Waals surface area contributed by atoms with E-state index in [1.807, 2.05) is 18.2 Å². The minimum atomic E-state index is -0.900. The van der Waals surface area contributed by atoms with Crippen LogP contribution in [0.2, 0.25) is 0 Å². The van der Waals surface area contributed by atoms with Gasteiger partial charge in [-0.2, -0.15) is 0 Å². The molecule has 1 aliphatic rings. The number of hydrogen-bond donors (Lipinski definition) is 1. The minimum Gasteiger partial charge on any atom is -0.325 e. The molecule has 1 amide bonds. The van der Waals surface area contributed by atoms with Crippen molar-refractivity contribution >= 4 is 23.2 Å². The van der Waals surface area contributed by atoms with Crippen LogP contribution in [0.15, 0.2) is 54.1 Å². The summed E-state index contributed by atoms with van der Waals surface area (Å²) < 4.78 is 0. The van der Waals surface area contributed by atoms with Gasteiger partial charge >= 0.3 is 0 Å². The lowest BCUT2D eigenvalue weighted by atomic mass is 9.80. The molecule has 0 saturated heterocycles. The fourth-order valence-electron chi connectivity index (χ4n) is 1.84. The maximum Gasteiger partial charge on any atom is 0.234 e. The van der Waals surface area contributed by atoms with Gasteiger partial charge in [-0.1, -0.05) is 24.3 Å². The molecule has 2 rings (SSSR count). The fourth-order valence-corrected chi connectivity index (χ4v) is 1.84. The van der Waals surface area contributed by atoms with E-state index in [0.29, 0.717) is 11.3 Å². The first-order valence-electron chi connectivity index (χ1n) is 6.26. The Bertz CT molecular complexity index is 624. The van der Waals surface area contributed by atoms with Crippen LogP contribution in [-0.4, -0.2) is 17.5 Å². The van der Waals surface area contributed by atoms with Crippen LogP contribution in [0.5, 0.6) is 0 Å². The van der Waals surface area contributed by atoms with Crippen LogP contribution in [0.3, 0.4) is 0 Å². The summed E-state index contributed by atoms with van der Waals surface area (Å²) in [5, 5.41) is 2.80. The highest BCUT2D eigenvalue weighted by atomic mass is 16.2. The summed E-state index contributed by atoms with van der Waals surface area (Å²) in [5.74, 6) is -1.39. The fraction of sp³-hybridized carbons (Fsp3) is 0.188. The highest BCUT2D eigenvalue weighted by Crippen LogP contribution is 2.30. The number of rotatable bonds is 3. The van der Waals surface area contributed by atoms with Gasteiger partial charge in [0.1, 0.15) is 0 Å². The zero-order valence-corrected chi connectivity index (χ0v) is 11.3. The molecule has 0 aliphatic heterocycles. The Balaban J connectivity index is 2.20. The van der Waals surface area contributed by atoms with E-state index in [9.17, 15) is 14.4 Å². The van der Waals surface area contributed by atoms with Crippen molar-refractivity contribution in [1.29, 1.82) is 0 Å². The Hall–Kier alpha value is -2.49. The zero-order chi connectivity index (χ0) is 14.8. The maximum absolute atomic E-state index is 12.3. The molecule has 0 atom stereocenters. The smallest absolute Gasteiger partial charge is 0.234 e. The molecule has 0 fully saturated rings. The molecule has 4 heteroatoms. The Morgan fingerprint density at radius 1 is 1.00 bits per heavy atom. The number of hydrogen-bond acceptors (Lipinski definition) is 3. The predicted molar refractivity (Wildman–Crippen MR) is 76.1 cm³/mol. The van der Waals surface area contributed by atoms with Crippen LogP contribution in [-0.2, 0) is 14.4 Å². The molecule has 4 nitrogen and oxygen atoms in total. The topological polar surface area (TPSA) is 63.2 Å². The third-order valence-electron chi connectivity index (χ3n) is 3.26. The summed E-state index contributed by atoms with van der Waals surface area (Å²) in [6, 6.07) is 9.08. The van der Waals surface area contributed by atoms with Crippen molar-refractivity contribution in [2.75, 3.05) is 5.32 Å². The molecule has 0 radical (unpaired) electrons. The van der Waals surface area contributed by atoms with Gasteiger partial charge in [-0.05, 0) is 43.7 Å². The number of amides is 1. The highest BCUT2D eigenvalue weighted by Gasteiger charge is 2.33. The van der Waals surface area contributed by atoms with Crippen molar-refractivity contribution in [2.45, 2.75) is 13.8 Å². The van der Waals surface area contributed by atoms with Gasteiger partial charge < -0.3 is 5.32 Å². The maximum atomic E-state index is 12.3. The quantitative estimate of drug-likeness (QED) is 0.676. The second-order valence-electron chi connectivity index (χ2n) is 5.11. The Labute approximate surface area is 117 Å². The van der Waals surface area contributed by atoms with Crippen LogP contribution in [0.1, 0.15) is 13.8 Å². The van der Waals surface area contributed by atoms with Crippen molar-refractivity contribution in [3.05, 3.63) is 54.1 Å². The van der Waals surface area contributed by atoms with Crippen molar-refractivity contribution in [3.8, 4) is 0 Å². The molecular weight excluding hydrogens is 254 g/mol. The number of ketones is 2. The molecule has 102 valence electrons. The Kier molecular flexibility index (Phi) is 3.66. The Morgan fingerprint density at radius 3 is 2.25 bits per heavy atom. The molecule has 0 unspecified atom stereocenters. The predicted octanol–water partition coefficient (Wildman–Crippen LogP) is 2.29. The lowest BCUT2D eigenvalue weighted by Gasteiger charge is -2.26. The molecule has 1 aliphatic carbocycles. The molecular formula is C16H15NO3. The van der Waals surface area contributed by atoms with Crippen molar-refractivity contribution in [2.24, 2.45) is 5.41 Å². The molecule has 1 N–H and O–H groups in total. The normalized spacial score (nSPS) is 15.0. The second kappa shape index (κ2) is 5.25. The molecule has 0 heterocycles. The van der Waals surface area contributed by atoms with E-state index < -0.39 is 17.0 Å². The number of allylic oxidation sites excluding steroid dienone is 3. The standard InChI is InChI=1S/C16H15NO3/c1-16(2,11-8-9-13(18)14(19)10-11)15(20)17-12-6-4-3-5-7-12/h3-10H,1-2H3,(H,17,20). The van der Waals surface area contributed by atoms with Gasteiger partial charge in [-0.15, -0.1) is 0 Å². The monoisotopic (exact) mass is 269 g/mol. The van der Waals surface area contributed by atoms with E-state index in [1.165, 1.54) is 18.2 Å². The lowest BCUT2D eigenvalue weighted by Crippen LogP contribution is -2.33. The summed E-state index contributed by atoms with van der Waals surface area (Å²) in [4.78, 5) is 34.9. The largest absolute Gasteiger partial charge is 0.325 e. The van der Waals surface area contributed by atoms with Gasteiger partial charge in [0.25, 0.3) is 0 Å². The van der Waals surface area contributed by atoms with E-state index in [0.717, 1.165) is 0 Å². The molecule has 0 saturated carbocycles. The number of anilines is 1. The second-order valence-corrected chi connectivity index (χ2v) is 5.11. The van der Waals surface area contributed by atoms with Crippen LogP contribution in [0.25, 0.3) is 0 Å². The molecule has 1 aromatic rings. The molecule has 0 spiro atoms. The van der Waals surface area contributed by atoms with Gasteiger partial charge in [-0.3, -0.25) is 14.4 Å². The van der Waals surface area contributed by atoms with Gasteiger partial charge in [-0.25, -0.2) is 0 Å². The van der Waals surface area contributed by atoms with Crippen LogP contribution < -0.4 is 5.32 Å². The summed E-state index contributed by atoms with van der Waals surface area (Å²) in [5.41, 5.74) is 0.312. The lowest BCUT2D eigenvalue weighted by molar-refractivity contribution is -0.131. The Morgan fingerprint density at radius 2 is 1.65 bits per heavy atom. The average molecular weight is 269 g/mol. The number of nitrogens with one attached hydrogen (secondary N) is 1. The minimum absolute atomic E-state index is 0.234. The van der Waals surface area contributed by atoms with E-state index in [4.69, 9.17) is 0 Å². The zero-order valence-electron chi connectivity index (χ0n) is 11.3. The first-order valence-corrected chi connectivity index (χ1v) is 6.26. The number of carbonyl (C=O) groups excluding carboxylic acids is 3. The van der Waals surface area contributed by atoms with Crippen LogP contribution in [0.4, 0.5) is 5.69 Å². The van der Waals surface area contributed by atoms with E-state index >= 15 is 0 Å². The van der Waals surface area contributed by atoms with E-state index in [2.05, 4.69) is 5.32 Å². The van der Waals surface area contributed by atoms with Crippen LogP contribution >= 0.6 is 0 Å². The van der Waals surface area contributed by atoms with Crippen molar-refractivity contribution in [3.63, 3.8) is 0 Å². The van der Waals surface area contributed by atoms with Crippen molar-refractivity contribution in [1.82, 2.24) is 0 Å². The third-order valence-corrected chi connectivity index (χ3v) is 3.26. The summed E-state index contributed by atoms with van der Waals surface area (Å²) in [7, 11) is 0. The van der Waals surface area contributed by atoms with E-state index in [-0.39, 0.29) is 5.91 Å². The first-order chi connectivity index (χ1) is 9.41. The summed E-state index contributed by atoms with van der Waals surface area (Å²) in [6.45, 7) is 3.43. The number of carbonyl (C=O) groups is 3. The van der Waals surface area contributed by atoms with Gasteiger partial charge in [0.05, 0.1) is 5.41 Å². The van der Waals surface area contributed by atoms with E-state index in [1.54, 1.807) is 26.0 Å². The number of benzene rings is 1. The van der Waals surface area contributed by atoms with Crippen LogP contribution in [0, 0.1) is 5.41 Å². The highest BCUT2D eigenvalue weighted by molar-refractivity contribution is 6.46.